The average molecular weight is 334 g/mol. The van der Waals surface area contributed by atoms with Crippen LogP contribution in [-0.2, 0) is 0 Å². The van der Waals surface area contributed by atoms with Gasteiger partial charge in [-0.1, -0.05) is 53.7 Å². The molecule has 0 fully saturated rings. The maximum Gasteiger partial charge on any atom is 0.209 e. The van der Waals surface area contributed by atoms with Crippen molar-refractivity contribution in [2.45, 2.75) is 17.3 Å². The Morgan fingerprint density at radius 2 is 1.86 bits per heavy atom. The molecule has 3 rings (SSSR count). The summed E-state index contributed by atoms with van der Waals surface area (Å²) in [6.45, 7) is 2.03. The second-order valence-electron chi connectivity index (χ2n) is 4.73. The van der Waals surface area contributed by atoms with E-state index >= 15 is 0 Å². The molecule has 2 aromatic carbocycles. The van der Waals surface area contributed by atoms with Gasteiger partial charge in [-0.25, -0.2) is 9.37 Å². The summed E-state index contributed by atoms with van der Waals surface area (Å²) < 4.78 is 13.8. The molecule has 0 aliphatic carbocycles. The molecular formula is C16H13ClFN3S. The average Bonchev–Trinajstić information content (AvgIpc) is 2.96. The predicted molar refractivity (Wildman–Crippen MR) is 87.5 cm³/mol. The molecule has 0 aliphatic rings. The van der Waals surface area contributed by atoms with Crippen molar-refractivity contribution < 1.29 is 4.39 Å². The van der Waals surface area contributed by atoms with Gasteiger partial charge in [0.1, 0.15) is 5.82 Å². The van der Waals surface area contributed by atoms with Crippen LogP contribution in [0.2, 0.25) is 5.02 Å². The van der Waals surface area contributed by atoms with E-state index in [2.05, 4.69) is 15.2 Å². The molecule has 0 bridgehead atoms. The number of halogens is 2. The largest absolute Gasteiger partial charge is 0.258 e. The van der Waals surface area contributed by atoms with E-state index in [-0.39, 0.29) is 11.1 Å². The molecular weight excluding hydrogens is 321 g/mol. The molecule has 1 heterocycles. The maximum absolute atomic E-state index is 13.8. The first-order valence-corrected chi connectivity index (χ1v) is 7.99. The standard InChI is InChI=1S/C16H13ClFN3S/c1-10(11-6-2-4-8-13(11)17)22-16-19-15(20-21-16)12-7-3-5-9-14(12)18/h2-10H,1H3,(H,19,20,21). The van der Waals surface area contributed by atoms with Crippen molar-refractivity contribution in [3.05, 3.63) is 64.9 Å². The molecule has 22 heavy (non-hydrogen) atoms. The Bertz CT molecular complexity index is 790. The Kier molecular flexibility index (Phi) is 4.45. The third-order valence-corrected chi connectivity index (χ3v) is 4.56. The summed E-state index contributed by atoms with van der Waals surface area (Å²) in [5.41, 5.74) is 1.43. The summed E-state index contributed by atoms with van der Waals surface area (Å²) in [4.78, 5) is 4.35. The summed E-state index contributed by atoms with van der Waals surface area (Å²) in [6, 6.07) is 14.2. The number of benzene rings is 2. The number of aromatic amines is 1. The van der Waals surface area contributed by atoms with Crippen LogP contribution in [0.1, 0.15) is 17.7 Å². The Morgan fingerprint density at radius 1 is 1.14 bits per heavy atom. The van der Waals surface area contributed by atoms with Gasteiger partial charge in [0.25, 0.3) is 0 Å². The van der Waals surface area contributed by atoms with E-state index in [1.807, 2.05) is 31.2 Å². The van der Waals surface area contributed by atoms with Crippen LogP contribution in [0.15, 0.2) is 53.7 Å². The van der Waals surface area contributed by atoms with Gasteiger partial charge in [0, 0.05) is 10.3 Å². The molecule has 112 valence electrons. The lowest BCUT2D eigenvalue weighted by atomic mass is 10.2. The third-order valence-electron chi connectivity index (χ3n) is 3.22. The Labute approximate surface area is 136 Å². The van der Waals surface area contributed by atoms with Crippen LogP contribution in [0.25, 0.3) is 11.4 Å². The van der Waals surface area contributed by atoms with E-state index in [1.54, 1.807) is 18.2 Å². The number of hydrogen-bond donors (Lipinski definition) is 1. The number of nitrogens with zero attached hydrogens (tertiary/aromatic N) is 2. The molecule has 0 spiro atoms. The van der Waals surface area contributed by atoms with E-state index in [9.17, 15) is 4.39 Å². The van der Waals surface area contributed by atoms with Crippen molar-refractivity contribution in [1.82, 2.24) is 15.2 Å². The van der Waals surface area contributed by atoms with Crippen LogP contribution in [0.3, 0.4) is 0 Å². The van der Waals surface area contributed by atoms with Crippen molar-refractivity contribution in [3.8, 4) is 11.4 Å². The van der Waals surface area contributed by atoms with Crippen molar-refractivity contribution >= 4 is 23.4 Å². The first kappa shape index (κ1) is 15.1. The molecule has 0 saturated carbocycles. The van der Waals surface area contributed by atoms with Gasteiger partial charge in [-0.3, -0.25) is 5.10 Å². The van der Waals surface area contributed by atoms with Gasteiger partial charge in [0.2, 0.25) is 5.16 Å². The Hall–Kier alpha value is -1.85. The van der Waals surface area contributed by atoms with E-state index in [0.717, 1.165) is 5.56 Å². The SMILES string of the molecule is CC(Sc1n[nH]c(-c2ccccc2F)n1)c1ccccc1Cl. The fourth-order valence-electron chi connectivity index (χ4n) is 2.10. The fraction of sp³-hybridized carbons (Fsp3) is 0.125. The number of thioether (sulfide) groups is 1. The Balaban J connectivity index is 1.80. The minimum Gasteiger partial charge on any atom is -0.258 e. The molecule has 3 nitrogen and oxygen atoms in total. The molecule has 1 aromatic heterocycles. The molecule has 0 aliphatic heterocycles. The smallest absolute Gasteiger partial charge is 0.209 e. The van der Waals surface area contributed by atoms with Crippen LogP contribution >= 0.6 is 23.4 Å². The number of nitrogens with one attached hydrogen (secondary N) is 1. The molecule has 6 heteroatoms. The topological polar surface area (TPSA) is 41.6 Å². The zero-order valence-electron chi connectivity index (χ0n) is 11.8. The van der Waals surface area contributed by atoms with Gasteiger partial charge in [-0.15, -0.1) is 5.10 Å². The first-order valence-electron chi connectivity index (χ1n) is 6.73. The molecule has 1 N–H and O–H groups in total. The normalized spacial score (nSPS) is 12.3. The minimum atomic E-state index is -0.325. The monoisotopic (exact) mass is 333 g/mol. The highest BCUT2D eigenvalue weighted by Gasteiger charge is 2.15. The molecule has 0 saturated heterocycles. The van der Waals surface area contributed by atoms with Crippen molar-refractivity contribution in [2.75, 3.05) is 0 Å². The van der Waals surface area contributed by atoms with E-state index in [4.69, 9.17) is 11.6 Å². The lowest BCUT2D eigenvalue weighted by Crippen LogP contribution is -1.90. The molecule has 3 aromatic rings. The molecule has 1 atom stereocenters. The maximum atomic E-state index is 13.8. The zero-order valence-corrected chi connectivity index (χ0v) is 13.3. The highest BCUT2D eigenvalue weighted by molar-refractivity contribution is 7.99. The zero-order chi connectivity index (χ0) is 15.5. The molecule has 0 radical (unpaired) electrons. The molecule has 0 amide bonds. The quantitative estimate of drug-likeness (QED) is 0.674. The summed E-state index contributed by atoms with van der Waals surface area (Å²) >= 11 is 7.67. The lowest BCUT2D eigenvalue weighted by Gasteiger charge is -2.10. The second kappa shape index (κ2) is 6.50. The fourth-order valence-corrected chi connectivity index (χ4v) is 3.35. The van der Waals surface area contributed by atoms with Gasteiger partial charge in [0.15, 0.2) is 5.82 Å². The summed E-state index contributed by atoms with van der Waals surface area (Å²) in [7, 11) is 0. The van der Waals surface area contributed by atoms with E-state index in [1.165, 1.54) is 17.8 Å². The van der Waals surface area contributed by atoms with Gasteiger partial charge < -0.3 is 0 Å². The Morgan fingerprint density at radius 3 is 2.64 bits per heavy atom. The van der Waals surface area contributed by atoms with Crippen molar-refractivity contribution in [3.63, 3.8) is 0 Å². The van der Waals surface area contributed by atoms with Gasteiger partial charge in [-0.2, -0.15) is 0 Å². The highest BCUT2D eigenvalue weighted by Crippen LogP contribution is 2.36. The van der Waals surface area contributed by atoms with E-state index in [0.29, 0.717) is 21.6 Å². The van der Waals surface area contributed by atoms with Crippen LogP contribution in [0.4, 0.5) is 4.39 Å². The number of H-pyrrole nitrogens is 1. The second-order valence-corrected chi connectivity index (χ2v) is 6.44. The van der Waals surface area contributed by atoms with Crippen molar-refractivity contribution in [1.29, 1.82) is 0 Å². The van der Waals surface area contributed by atoms with Crippen LogP contribution in [-0.4, -0.2) is 15.2 Å². The lowest BCUT2D eigenvalue weighted by molar-refractivity contribution is 0.630. The summed E-state index contributed by atoms with van der Waals surface area (Å²) in [5, 5.41) is 8.30. The van der Waals surface area contributed by atoms with Crippen LogP contribution in [0.5, 0.6) is 0 Å². The van der Waals surface area contributed by atoms with Gasteiger partial charge in [0.05, 0.1) is 5.56 Å². The summed E-state index contributed by atoms with van der Waals surface area (Å²) in [6.07, 6.45) is 0. The van der Waals surface area contributed by atoms with Gasteiger partial charge in [-0.05, 0) is 30.7 Å². The van der Waals surface area contributed by atoms with E-state index < -0.39 is 0 Å². The third kappa shape index (κ3) is 3.15. The predicted octanol–water partition coefficient (Wildman–Crippen LogP) is 5.12. The van der Waals surface area contributed by atoms with Gasteiger partial charge >= 0.3 is 0 Å². The molecule has 1 unspecified atom stereocenters. The van der Waals surface area contributed by atoms with Crippen LogP contribution < -0.4 is 0 Å². The summed E-state index contributed by atoms with van der Waals surface area (Å²) in [5.74, 6) is 0.0984. The highest BCUT2D eigenvalue weighted by atomic mass is 35.5. The number of hydrogen-bond acceptors (Lipinski definition) is 3. The minimum absolute atomic E-state index is 0.0953. The first-order chi connectivity index (χ1) is 10.6. The number of rotatable bonds is 4. The van der Waals surface area contributed by atoms with Crippen LogP contribution in [0, 0.1) is 5.82 Å². The van der Waals surface area contributed by atoms with Crippen molar-refractivity contribution in [2.24, 2.45) is 0 Å². The number of aromatic nitrogens is 3.